The summed E-state index contributed by atoms with van der Waals surface area (Å²) in [5, 5.41) is 7.64. The molecule has 1 aliphatic rings. The standard InChI is InChI=1S/C21H30FN5O.HI/c1-5-23-20(24-15-21(2,3)17-7-6-8-18(22)11-17)27-9-10-28-19(14-27)16-12-25-26(4)13-16;/h6-8,11-13,19H,5,9-10,14-15H2,1-4H3,(H,23,24);1H. The first-order chi connectivity index (χ1) is 13.4. The van der Waals surface area contributed by atoms with Gasteiger partial charge in [0.2, 0.25) is 0 Å². The van der Waals surface area contributed by atoms with Gasteiger partial charge in [-0.1, -0.05) is 26.0 Å². The van der Waals surface area contributed by atoms with Crippen LogP contribution in [0.3, 0.4) is 0 Å². The predicted molar refractivity (Wildman–Crippen MR) is 124 cm³/mol. The number of hydrogen-bond donors (Lipinski definition) is 1. The Morgan fingerprint density at radius 2 is 2.21 bits per heavy atom. The molecule has 0 aliphatic carbocycles. The maximum absolute atomic E-state index is 13.6. The first kappa shape index (κ1) is 23.6. The Morgan fingerprint density at radius 3 is 2.86 bits per heavy atom. The van der Waals surface area contributed by atoms with Crippen molar-refractivity contribution in [2.45, 2.75) is 32.3 Å². The van der Waals surface area contributed by atoms with Crippen molar-refractivity contribution in [3.05, 3.63) is 53.6 Å². The first-order valence-electron chi connectivity index (χ1n) is 9.78. The Morgan fingerprint density at radius 1 is 1.41 bits per heavy atom. The highest BCUT2D eigenvalue weighted by molar-refractivity contribution is 14.0. The van der Waals surface area contributed by atoms with E-state index in [1.54, 1.807) is 16.8 Å². The molecule has 0 bridgehead atoms. The fourth-order valence-electron chi connectivity index (χ4n) is 3.35. The molecule has 1 aromatic heterocycles. The van der Waals surface area contributed by atoms with Crippen LogP contribution >= 0.6 is 24.0 Å². The molecular formula is C21H31FIN5O. The third-order valence-electron chi connectivity index (χ3n) is 5.03. The number of ether oxygens (including phenoxy) is 1. The van der Waals surface area contributed by atoms with Gasteiger partial charge >= 0.3 is 0 Å². The molecule has 2 aromatic rings. The molecular weight excluding hydrogens is 484 g/mol. The molecule has 1 fully saturated rings. The third-order valence-corrected chi connectivity index (χ3v) is 5.03. The molecule has 0 saturated carbocycles. The maximum Gasteiger partial charge on any atom is 0.194 e. The number of benzene rings is 1. The van der Waals surface area contributed by atoms with E-state index in [-0.39, 0.29) is 41.3 Å². The zero-order valence-electron chi connectivity index (χ0n) is 17.6. The number of nitrogens with zero attached hydrogens (tertiary/aromatic N) is 4. The molecule has 1 atom stereocenters. The Labute approximate surface area is 189 Å². The summed E-state index contributed by atoms with van der Waals surface area (Å²) in [6, 6.07) is 6.77. The molecule has 1 aromatic carbocycles. The third kappa shape index (κ3) is 6.15. The summed E-state index contributed by atoms with van der Waals surface area (Å²) < 4.78 is 21.4. The van der Waals surface area contributed by atoms with Gasteiger partial charge in [0.25, 0.3) is 0 Å². The summed E-state index contributed by atoms with van der Waals surface area (Å²) in [6.07, 6.45) is 3.82. The van der Waals surface area contributed by atoms with Crippen molar-refractivity contribution in [3.63, 3.8) is 0 Å². The number of guanidine groups is 1. The van der Waals surface area contributed by atoms with Crippen molar-refractivity contribution in [2.24, 2.45) is 12.0 Å². The first-order valence-corrected chi connectivity index (χ1v) is 9.78. The van der Waals surface area contributed by atoms with Crippen LogP contribution in [0.5, 0.6) is 0 Å². The second-order valence-corrected chi connectivity index (χ2v) is 7.82. The summed E-state index contributed by atoms with van der Waals surface area (Å²) in [5.74, 6) is 0.651. The van der Waals surface area contributed by atoms with Gasteiger partial charge in [-0.2, -0.15) is 5.10 Å². The maximum atomic E-state index is 13.6. The van der Waals surface area contributed by atoms with Gasteiger partial charge in [-0.15, -0.1) is 24.0 Å². The summed E-state index contributed by atoms with van der Waals surface area (Å²) in [6.45, 7) is 9.73. The molecule has 160 valence electrons. The zero-order chi connectivity index (χ0) is 20.1. The van der Waals surface area contributed by atoms with E-state index in [0.29, 0.717) is 13.2 Å². The van der Waals surface area contributed by atoms with Crippen molar-refractivity contribution in [2.75, 3.05) is 32.8 Å². The number of aliphatic imine (C=N–C) groups is 1. The molecule has 1 aliphatic heterocycles. The molecule has 1 N–H and O–H groups in total. The highest BCUT2D eigenvalue weighted by atomic mass is 127. The minimum Gasteiger partial charge on any atom is -0.370 e. The van der Waals surface area contributed by atoms with Crippen molar-refractivity contribution < 1.29 is 9.13 Å². The molecule has 0 radical (unpaired) electrons. The lowest BCUT2D eigenvalue weighted by atomic mass is 9.85. The zero-order valence-corrected chi connectivity index (χ0v) is 19.9. The van der Waals surface area contributed by atoms with Crippen LogP contribution in [0.25, 0.3) is 0 Å². The Hall–Kier alpha value is -1.68. The minimum atomic E-state index is -0.266. The predicted octanol–water partition coefficient (Wildman–Crippen LogP) is 3.49. The minimum absolute atomic E-state index is 0. The van der Waals surface area contributed by atoms with Crippen LogP contribution < -0.4 is 5.32 Å². The van der Waals surface area contributed by atoms with Crippen molar-refractivity contribution in [3.8, 4) is 0 Å². The van der Waals surface area contributed by atoms with E-state index < -0.39 is 0 Å². The van der Waals surface area contributed by atoms with Gasteiger partial charge in [0, 0.05) is 37.3 Å². The monoisotopic (exact) mass is 515 g/mol. The lowest BCUT2D eigenvalue weighted by Crippen LogP contribution is -2.48. The van der Waals surface area contributed by atoms with Gasteiger partial charge in [-0.25, -0.2) is 4.39 Å². The number of aromatic nitrogens is 2. The van der Waals surface area contributed by atoms with E-state index in [9.17, 15) is 4.39 Å². The van der Waals surface area contributed by atoms with Crippen molar-refractivity contribution >= 4 is 29.9 Å². The van der Waals surface area contributed by atoms with E-state index >= 15 is 0 Å². The Balaban J connectivity index is 0.00000300. The molecule has 2 heterocycles. The van der Waals surface area contributed by atoms with Crippen molar-refractivity contribution in [1.29, 1.82) is 0 Å². The fourth-order valence-corrected chi connectivity index (χ4v) is 3.35. The van der Waals surface area contributed by atoms with E-state index in [1.165, 1.54) is 6.07 Å². The van der Waals surface area contributed by atoms with Crippen LogP contribution in [0.15, 0.2) is 41.7 Å². The van der Waals surface area contributed by atoms with Crippen LogP contribution in [0.2, 0.25) is 0 Å². The van der Waals surface area contributed by atoms with E-state index in [0.717, 1.165) is 36.7 Å². The Kier molecular flexibility index (Phi) is 8.45. The van der Waals surface area contributed by atoms with Gasteiger partial charge < -0.3 is 15.0 Å². The topological polar surface area (TPSA) is 54.7 Å². The molecule has 3 rings (SSSR count). The van der Waals surface area contributed by atoms with Crippen LogP contribution in [0.1, 0.15) is 38.0 Å². The smallest absolute Gasteiger partial charge is 0.194 e. The largest absolute Gasteiger partial charge is 0.370 e. The van der Waals surface area contributed by atoms with Gasteiger partial charge in [0.1, 0.15) is 11.9 Å². The summed E-state index contributed by atoms with van der Waals surface area (Å²) >= 11 is 0. The van der Waals surface area contributed by atoms with E-state index in [1.807, 2.05) is 25.5 Å². The van der Waals surface area contributed by atoms with Crippen LogP contribution in [-0.2, 0) is 17.2 Å². The van der Waals surface area contributed by atoms with Gasteiger partial charge in [0.15, 0.2) is 5.96 Å². The fraction of sp³-hybridized carbons (Fsp3) is 0.524. The van der Waals surface area contributed by atoms with Gasteiger partial charge in [0.05, 0.1) is 25.9 Å². The summed E-state index contributed by atoms with van der Waals surface area (Å²) in [4.78, 5) is 7.11. The molecule has 6 nitrogen and oxygen atoms in total. The quantitative estimate of drug-likeness (QED) is 0.377. The highest BCUT2D eigenvalue weighted by Crippen LogP contribution is 2.25. The number of hydrogen-bond acceptors (Lipinski definition) is 3. The van der Waals surface area contributed by atoms with Crippen LogP contribution in [0, 0.1) is 5.82 Å². The van der Waals surface area contributed by atoms with Crippen LogP contribution in [-0.4, -0.2) is 53.4 Å². The van der Waals surface area contributed by atoms with Crippen molar-refractivity contribution in [1.82, 2.24) is 20.0 Å². The van der Waals surface area contributed by atoms with Gasteiger partial charge in [-0.05, 0) is 24.6 Å². The lowest BCUT2D eigenvalue weighted by Gasteiger charge is -2.35. The molecule has 29 heavy (non-hydrogen) atoms. The Bertz CT molecular complexity index is 823. The molecule has 1 unspecified atom stereocenters. The average molecular weight is 515 g/mol. The summed E-state index contributed by atoms with van der Waals surface area (Å²) in [7, 11) is 1.91. The number of rotatable bonds is 5. The average Bonchev–Trinajstić information content (AvgIpc) is 3.12. The van der Waals surface area contributed by atoms with E-state index in [2.05, 4.69) is 36.1 Å². The molecule has 1 saturated heterocycles. The van der Waals surface area contributed by atoms with Crippen LogP contribution in [0.4, 0.5) is 4.39 Å². The second-order valence-electron chi connectivity index (χ2n) is 7.82. The molecule has 0 spiro atoms. The van der Waals surface area contributed by atoms with E-state index in [4.69, 9.17) is 9.73 Å². The van der Waals surface area contributed by atoms with Gasteiger partial charge in [-0.3, -0.25) is 9.67 Å². The SMILES string of the molecule is CCNC(=NCC(C)(C)c1cccc(F)c1)N1CCOC(c2cnn(C)c2)C1.I. The lowest BCUT2D eigenvalue weighted by molar-refractivity contribution is -0.00806. The number of nitrogens with one attached hydrogen (secondary N) is 1. The normalized spacial score (nSPS) is 17.8. The number of morpholine rings is 1. The second kappa shape index (κ2) is 10.4. The molecule has 8 heteroatoms. The number of aryl methyl sites for hydroxylation is 1. The summed E-state index contributed by atoms with van der Waals surface area (Å²) in [5.41, 5.74) is 1.75. The highest BCUT2D eigenvalue weighted by Gasteiger charge is 2.26. The molecule has 0 amide bonds. The number of halogens is 2.